The third kappa shape index (κ3) is 3.01. The molecule has 2 aromatic heterocycles. The smallest absolute Gasteiger partial charge is 0.161 e. The van der Waals surface area contributed by atoms with E-state index in [2.05, 4.69) is 25.2 Å². The normalized spacial score (nSPS) is 18.2. The summed E-state index contributed by atoms with van der Waals surface area (Å²) < 4.78 is 0. The first-order valence-corrected chi connectivity index (χ1v) is 7.21. The molecule has 3 N–H and O–H groups in total. The van der Waals surface area contributed by atoms with Gasteiger partial charge in [-0.05, 0) is 31.7 Å². The topological polar surface area (TPSA) is 80.0 Å². The maximum absolute atomic E-state index is 5.64. The second-order valence-corrected chi connectivity index (χ2v) is 5.20. The Morgan fingerprint density at radius 2 is 2.19 bits per heavy atom. The number of nitrogens with one attached hydrogen (secondary N) is 1. The molecular weight excluding hydrogens is 264 g/mol. The third-order valence-corrected chi connectivity index (χ3v) is 3.85. The fourth-order valence-corrected chi connectivity index (χ4v) is 2.60. The molecule has 1 atom stereocenters. The van der Waals surface area contributed by atoms with Crippen molar-refractivity contribution in [3.05, 3.63) is 36.3 Å². The number of likely N-dealkylation sites (N-methyl/N-ethyl adjacent to an activating group) is 1. The van der Waals surface area contributed by atoms with E-state index in [1.54, 1.807) is 6.20 Å². The summed E-state index contributed by atoms with van der Waals surface area (Å²) in [6.45, 7) is 2.42. The first kappa shape index (κ1) is 13.9. The summed E-state index contributed by atoms with van der Waals surface area (Å²) in [4.78, 5) is 15.6. The van der Waals surface area contributed by atoms with Crippen LogP contribution in [0.4, 0.5) is 5.82 Å². The van der Waals surface area contributed by atoms with E-state index in [0.717, 1.165) is 42.4 Å². The summed E-state index contributed by atoms with van der Waals surface area (Å²) in [7, 11) is 2.00. The van der Waals surface area contributed by atoms with E-state index in [-0.39, 0.29) is 0 Å². The van der Waals surface area contributed by atoms with Crippen molar-refractivity contribution in [3.8, 4) is 11.4 Å². The van der Waals surface area contributed by atoms with Crippen LogP contribution in [0, 0.1) is 0 Å². The molecule has 110 valence electrons. The van der Waals surface area contributed by atoms with E-state index < -0.39 is 0 Å². The highest BCUT2D eigenvalue weighted by molar-refractivity contribution is 5.57. The number of anilines is 1. The van der Waals surface area contributed by atoms with Crippen LogP contribution in [0.1, 0.15) is 12.1 Å². The Labute approximate surface area is 124 Å². The summed E-state index contributed by atoms with van der Waals surface area (Å²) >= 11 is 0. The van der Waals surface area contributed by atoms with E-state index in [1.165, 1.54) is 0 Å². The maximum atomic E-state index is 5.64. The molecule has 1 aliphatic heterocycles. The van der Waals surface area contributed by atoms with Crippen LogP contribution in [0.3, 0.4) is 0 Å². The molecule has 1 saturated heterocycles. The minimum atomic E-state index is 0.420. The molecule has 6 nitrogen and oxygen atoms in total. The van der Waals surface area contributed by atoms with Gasteiger partial charge in [0.1, 0.15) is 5.82 Å². The minimum Gasteiger partial charge on any atom is -0.355 e. The number of aromatic nitrogens is 3. The highest BCUT2D eigenvalue weighted by atomic mass is 15.2. The van der Waals surface area contributed by atoms with Crippen molar-refractivity contribution in [1.29, 1.82) is 0 Å². The van der Waals surface area contributed by atoms with Gasteiger partial charge in [-0.25, -0.2) is 9.97 Å². The van der Waals surface area contributed by atoms with Gasteiger partial charge in [0, 0.05) is 43.6 Å². The Hall–Kier alpha value is -2.05. The molecule has 0 unspecified atom stereocenters. The SMILES string of the molecule is CN[C@@H]1CCN(c2ccnc(-c3ccnc(CN)c3)n2)C1. The molecule has 0 amide bonds. The Morgan fingerprint density at radius 1 is 1.33 bits per heavy atom. The molecule has 0 aliphatic carbocycles. The highest BCUT2D eigenvalue weighted by Gasteiger charge is 2.22. The van der Waals surface area contributed by atoms with Crippen molar-refractivity contribution in [2.24, 2.45) is 5.73 Å². The summed E-state index contributed by atoms with van der Waals surface area (Å²) in [5, 5.41) is 3.32. The molecule has 2 aromatic rings. The molecule has 1 aliphatic rings. The van der Waals surface area contributed by atoms with Gasteiger partial charge in [-0.3, -0.25) is 4.98 Å². The Bertz CT molecular complexity index is 615. The van der Waals surface area contributed by atoms with Crippen LogP contribution in [0.5, 0.6) is 0 Å². The van der Waals surface area contributed by atoms with Crippen molar-refractivity contribution in [2.45, 2.75) is 19.0 Å². The largest absolute Gasteiger partial charge is 0.355 e. The fraction of sp³-hybridized carbons (Fsp3) is 0.400. The highest BCUT2D eigenvalue weighted by Crippen LogP contribution is 2.21. The summed E-state index contributed by atoms with van der Waals surface area (Å²) in [6, 6.07) is 6.36. The monoisotopic (exact) mass is 284 g/mol. The zero-order chi connectivity index (χ0) is 14.7. The van der Waals surface area contributed by atoms with Crippen LogP contribution in [-0.4, -0.2) is 41.1 Å². The van der Waals surface area contributed by atoms with Crippen LogP contribution in [-0.2, 0) is 6.54 Å². The molecule has 1 fully saturated rings. The lowest BCUT2D eigenvalue weighted by Crippen LogP contribution is -2.29. The lowest BCUT2D eigenvalue weighted by Gasteiger charge is -2.17. The van der Waals surface area contributed by atoms with Crippen LogP contribution < -0.4 is 16.0 Å². The van der Waals surface area contributed by atoms with Gasteiger partial charge >= 0.3 is 0 Å². The standard InChI is InChI=1S/C15H20N6/c1-17-12-4-7-21(10-12)14-3-6-19-15(20-14)11-2-5-18-13(8-11)9-16/h2-3,5-6,8,12,17H,4,7,9-10,16H2,1H3/t12-/m1/s1. The van der Waals surface area contributed by atoms with Crippen LogP contribution in [0.25, 0.3) is 11.4 Å². The van der Waals surface area contributed by atoms with Gasteiger partial charge in [0.25, 0.3) is 0 Å². The van der Waals surface area contributed by atoms with Crippen molar-refractivity contribution in [1.82, 2.24) is 20.3 Å². The molecule has 6 heteroatoms. The summed E-state index contributed by atoms with van der Waals surface area (Å²) in [5.41, 5.74) is 7.44. The number of rotatable bonds is 4. The second kappa shape index (κ2) is 6.15. The van der Waals surface area contributed by atoms with Crippen molar-refractivity contribution in [2.75, 3.05) is 25.0 Å². The lowest BCUT2D eigenvalue weighted by molar-refractivity contribution is 0.616. The number of hydrogen-bond acceptors (Lipinski definition) is 6. The van der Waals surface area contributed by atoms with Crippen LogP contribution in [0.2, 0.25) is 0 Å². The predicted molar refractivity (Wildman–Crippen MR) is 82.8 cm³/mol. The molecule has 0 aromatic carbocycles. The fourth-order valence-electron chi connectivity index (χ4n) is 2.60. The first-order valence-electron chi connectivity index (χ1n) is 7.21. The summed E-state index contributed by atoms with van der Waals surface area (Å²) in [6.07, 6.45) is 4.70. The Balaban J connectivity index is 1.86. The quantitative estimate of drug-likeness (QED) is 0.864. The van der Waals surface area contributed by atoms with Crippen molar-refractivity contribution < 1.29 is 0 Å². The minimum absolute atomic E-state index is 0.420. The van der Waals surface area contributed by atoms with Crippen LogP contribution in [0.15, 0.2) is 30.6 Å². The number of pyridine rings is 1. The van der Waals surface area contributed by atoms with Crippen molar-refractivity contribution in [3.63, 3.8) is 0 Å². The van der Waals surface area contributed by atoms with Gasteiger partial charge < -0.3 is 16.0 Å². The molecule has 0 bridgehead atoms. The van der Waals surface area contributed by atoms with E-state index in [9.17, 15) is 0 Å². The average Bonchev–Trinajstić information content (AvgIpc) is 3.04. The molecule has 3 heterocycles. The average molecular weight is 284 g/mol. The number of nitrogens with two attached hydrogens (primary N) is 1. The molecular formula is C15H20N6. The predicted octanol–water partition coefficient (Wildman–Crippen LogP) is 0.795. The number of nitrogens with zero attached hydrogens (tertiary/aromatic N) is 4. The van der Waals surface area contributed by atoms with Gasteiger partial charge in [-0.2, -0.15) is 0 Å². The molecule has 3 rings (SSSR count). The molecule has 21 heavy (non-hydrogen) atoms. The van der Waals surface area contributed by atoms with Gasteiger partial charge in [-0.15, -0.1) is 0 Å². The zero-order valence-electron chi connectivity index (χ0n) is 12.2. The van der Waals surface area contributed by atoms with E-state index in [0.29, 0.717) is 12.6 Å². The lowest BCUT2D eigenvalue weighted by atomic mass is 10.2. The van der Waals surface area contributed by atoms with Crippen molar-refractivity contribution >= 4 is 5.82 Å². The van der Waals surface area contributed by atoms with Gasteiger partial charge in [0.2, 0.25) is 0 Å². The third-order valence-electron chi connectivity index (χ3n) is 3.85. The van der Waals surface area contributed by atoms with Gasteiger partial charge in [-0.1, -0.05) is 0 Å². The summed E-state index contributed by atoms with van der Waals surface area (Å²) in [5.74, 6) is 1.70. The van der Waals surface area contributed by atoms with Crippen LogP contribution >= 0.6 is 0 Å². The zero-order valence-corrected chi connectivity index (χ0v) is 12.2. The van der Waals surface area contributed by atoms with E-state index in [1.807, 2.05) is 31.4 Å². The maximum Gasteiger partial charge on any atom is 0.161 e. The number of hydrogen-bond donors (Lipinski definition) is 2. The second-order valence-electron chi connectivity index (χ2n) is 5.20. The molecule has 0 spiro atoms. The Morgan fingerprint density at radius 3 is 2.95 bits per heavy atom. The molecule has 0 radical (unpaired) electrons. The first-order chi connectivity index (χ1) is 10.3. The van der Waals surface area contributed by atoms with Gasteiger partial charge in [0.15, 0.2) is 5.82 Å². The Kier molecular flexibility index (Phi) is 4.08. The van der Waals surface area contributed by atoms with E-state index >= 15 is 0 Å². The van der Waals surface area contributed by atoms with E-state index in [4.69, 9.17) is 5.73 Å². The van der Waals surface area contributed by atoms with Gasteiger partial charge in [0.05, 0.1) is 5.69 Å². The molecule has 0 saturated carbocycles.